The van der Waals surface area contributed by atoms with Crippen LogP contribution in [0.2, 0.25) is 0 Å². The lowest BCUT2D eigenvalue weighted by molar-refractivity contribution is -0.131. The van der Waals surface area contributed by atoms with Gasteiger partial charge in [-0.3, -0.25) is 14.4 Å². The van der Waals surface area contributed by atoms with Crippen LogP contribution in [0.5, 0.6) is 0 Å². The zero-order chi connectivity index (χ0) is 16.4. The lowest BCUT2D eigenvalue weighted by Gasteiger charge is -2.32. The second kappa shape index (κ2) is 4.66. The molecule has 0 spiro atoms. The van der Waals surface area contributed by atoms with Crippen molar-refractivity contribution < 1.29 is 14.4 Å². The first-order valence-corrected chi connectivity index (χ1v) is 8.13. The molecule has 0 N–H and O–H groups in total. The number of Topliss-reactive ketones (excluding diaryl/α,β-unsaturated/α-hetero) is 1. The molecule has 5 heteroatoms. The van der Waals surface area contributed by atoms with Crippen LogP contribution < -0.4 is 0 Å². The molecule has 0 radical (unpaired) electrons. The summed E-state index contributed by atoms with van der Waals surface area (Å²) in [4.78, 5) is 41.8. The minimum Gasteiger partial charge on any atom is -0.339 e. The van der Waals surface area contributed by atoms with E-state index in [9.17, 15) is 14.4 Å². The molecule has 23 heavy (non-hydrogen) atoms. The fourth-order valence-electron chi connectivity index (χ4n) is 4.01. The summed E-state index contributed by atoms with van der Waals surface area (Å²) in [6.45, 7) is 2.75. The average Bonchev–Trinajstić information content (AvgIpc) is 3.35. The van der Waals surface area contributed by atoms with Gasteiger partial charge in [0.25, 0.3) is 5.91 Å². The number of ketones is 1. The Balaban J connectivity index is 1.77. The quantitative estimate of drug-likeness (QED) is 0.791. The highest BCUT2D eigenvalue weighted by Gasteiger charge is 2.55. The van der Waals surface area contributed by atoms with Gasteiger partial charge in [-0.1, -0.05) is 18.2 Å². The van der Waals surface area contributed by atoms with Crippen molar-refractivity contribution in [2.75, 3.05) is 20.1 Å². The third kappa shape index (κ3) is 1.95. The Hall–Kier alpha value is -2.17. The van der Waals surface area contributed by atoms with Gasteiger partial charge in [-0.05, 0) is 25.8 Å². The smallest absolute Gasteiger partial charge is 0.254 e. The van der Waals surface area contributed by atoms with Gasteiger partial charge in [-0.15, -0.1) is 0 Å². The van der Waals surface area contributed by atoms with Crippen LogP contribution in [0, 0.1) is 11.3 Å². The van der Waals surface area contributed by atoms with Gasteiger partial charge < -0.3 is 9.80 Å². The zero-order valence-corrected chi connectivity index (χ0v) is 13.4. The van der Waals surface area contributed by atoms with Crippen molar-refractivity contribution in [3.63, 3.8) is 0 Å². The second-order valence-electron chi connectivity index (χ2n) is 7.22. The Morgan fingerprint density at radius 3 is 2.48 bits per heavy atom. The minimum absolute atomic E-state index is 0.0260. The molecule has 2 atom stereocenters. The normalized spacial score (nSPS) is 30.1. The van der Waals surface area contributed by atoms with Crippen molar-refractivity contribution in [1.82, 2.24) is 9.80 Å². The van der Waals surface area contributed by atoms with E-state index >= 15 is 0 Å². The molecular formula is C18H20N2O3. The molecule has 3 aliphatic rings. The van der Waals surface area contributed by atoms with Gasteiger partial charge in [0.15, 0.2) is 5.78 Å². The van der Waals surface area contributed by atoms with Crippen LogP contribution in [0.3, 0.4) is 0 Å². The van der Waals surface area contributed by atoms with E-state index in [0.717, 1.165) is 12.8 Å². The van der Waals surface area contributed by atoms with E-state index in [1.165, 1.54) is 0 Å². The Kier molecular flexibility index (Phi) is 2.92. The first-order valence-electron chi connectivity index (χ1n) is 8.13. The van der Waals surface area contributed by atoms with E-state index in [1.807, 2.05) is 6.92 Å². The molecule has 0 bridgehead atoms. The van der Waals surface area contributed by atoms with E-state index in [2.05, 4.69) is 0 Å². The van der Waals surface area contributed by atoms with E-state index in [4.69, 9.17) is 0 Å². The van der Waals surface area contributed by atoms with Gasteiger partial charge >= 0.3 is 0 Å². The van der Waals surface area contributed by atoms with E-state index in [0.29, 0.717) is 24.2 Å². The van der Waals surface area contributed by atoms with Crippen LogP contribution in [-0.4, -0.2) is 53.6 Å². The number of hydrogen-bond donors (Lipinski definition) is 0. The summed E-state index contributed by atoms with van der Waals surface area (Å²) in [6.07, 6.45) is 1.89. The molecule has 2 heterocycles. The zero-order valence-electron chi connectivity index (χ0n) is 13.4. The standard InChI is InChI=1S/C18H20N2O3/c1-18-10-20(16(22)11-7-8-11)9-14(18)19(2)17(23)13-6-4-3-5-12(13)15(18)21/h3-6,11,14H,7-10H2,1-2H3/t14-,18+/m1/s1. The van der Waals surface area contributed by atoms with Gasteiger partial charge in [0.2, 0.25) is 5.91 Å². The summed E-state index contributed by atoms with van der Waals surface area (Å²) in [6, 6.07) is 6.74. The summed E-state index contributed by atoms with van der Waals surface area (Å²) in [5, 5.41) is 0. The SMILES string of the molecule is CN1C(=O)c2ccccc2C(=O)[C@@]2(C)CN(C(=O)C3CC3)C[C@@H]12. The monoisotopic (exact) mass is 312 g/mol. The Morgan fingerprint density at radius 1 is 1.17 bits per heavy atom. The fourth-order valence-corrected chi connectivity index (χ4v) is 4.01. The maximum absolute atomic E-state index is 13.2. The molecule has 120 valence electrons. The molecule has 1 aromatic carbocycles. The number of carbonyl (C=O) groups is 3. The van der Waals surface area contributed by atoms with Crippen LogP contribution in [0.4, 0.5) is 0 Å². The number of likely N-dealkylation sites (tertiary alicyclic amines) is 1. The van der Waals surface area contributed by atoms with E-state index < -0.39 is 5.41 Å². The van der Waals surface area contributed by atoms with E-state index in [-0.39, 0.29) is 29.6 Å². The van der Waals surface area contributed by atoms with Crippen molar-refractivity contribution in [2.45, 2.75) is 25.8 Å². The van der Waals surface area contributed by atoms with Crippen molar-refractivity contribution in [2.24, 2.45) is 11.3 Å². The van der Waals surface area contributed by atoms with Gasteiger partial charge in [0.1, 0.15) is 0 Å². The summed E-state index contributed by atoms with van der Waals surface area (Å²) in [7, 11) is 1.74. The van der Waals surface area contributed by atoms with Crippen LogP contribution in [0.25, 0.3) is 0 Å². The predicted molar refractivity (Wildman–Crippen MR) is 84.1 cm³/mol. The van der Waals surface area contributed by atoms with Gasteiger partial charge in [-0.25, -0.2) is 0 Å². The maximum atomic E-state index is 13.2. The van der Waals surface area contributed by atoms with Crippen molar-refractivity contribution in [3.05, 3.63) is 35.4 Å². The summed E-state index contributed by atoms with van der Waals surface area (Å²) in [5.41, 5.74) is 0.215. The predicted octanol–water partition coefficient (Wildman–Crippen LogP) is 1.58. The van der Waals surface area contributed by atoms with Crippen molar-refractivity contribution >= 4 is 17.6 Å². The molecule has 5 nitrogen and oxygen atoms in total. The van der Waals surface area contributed by atoms with Gasteiger partial charge in [-0.2, -0.15) is 0 Å². The second-order valence-corrected chi connectivity index (χ2v) is 7.22. The average molecular weight is 312 g/mol. The molecule has 0 unspecified atom stereocenters. The summed E-state index contributed by atoms with van der Waals surface area (Å²) in [5.74, 6) is 0.107. The Labute approximate surface area is 135 Å². The molecule has 0 aromatic heterocycles. The van der Waals surface area contributed by atoms with Gasteiger partial charge in [0.05, 0.1) is 17.0 Å². The highest BCUT2D eigenvalue weighted by molar-refractivity contribution is 6.12. The largest absolute Gasteiger partial charge is 0.339 e. The number of hydrogen-bond acceptors (Lipinski definition) is 3. The molecular weight excluding hydrogens is 292 g/mol. The third-order valence-corrected chi connectivity index (χ3v) is 5.60. The number of fused-ring (bicyclic) bond motifs is 2. The Bertz CT molecular complexity index is 725. The molecule has 2 aliphatic heterocycles. The summed E-state index contributed by atoms with van der Waals surface area (Å²) < 4.78 is 0. The first kappa shape index (κ1) is 14.4. The molecule has 1 saturated heterocycles. The topological polar surface area (TPSA) is 57.7 Å². The molecule has 1 aromatic rings. The third-order valence-electron chi connectivity index (χ3n) is 5.60. The minimum atomic E-state index is -0.735. The van der Waals surface area contributed by atoms with Crippen LogP contribution in [0.1, 0.15) is 40.5 Å². The van der Waals surface area contributed by atoms with Crippen LogP contribution in [-0.2, 0) is 4.79 Å². The number of nitrogens with zero attached hydrogens (tertiary/aromatic N) is 2. The lowest BCUT2D eigenvalue weighted by atomic mass is 9.78. The van der Waals surface area contributed by atoms with E-state index in [1.54, 1.807) is 41.1 Å². The lowest BCUT2D eigenvalue weighted by Crippen LogP contribution is -2.48. The molecule has 4 rings (SSSR count). The number of amides is 2. The number of carbonyl (C=O) groups excluding carboxylic acids is 3. The van der Waals surface area contributed by atoms with Crippen molar-refractivity contribution in [1.29, 1.82) is 0 Å². The highest BCUT2D eigenvalue weighted by Crippen LogP contribution is 2.42. The number of rotatable bonds is 1. The maximum Gasteiger partial charge on any atom is 0.254 e. The van der Waals surface area contributed by atoms with Crippen LogP contribution in [0.15, 0.2) is 24.3 Å². The number of benzene rings is 1. The fraction of sp³-hybridized carbons (Fsp3) is 0.500. The first-order chi connectivity index (χ1) is 10.9. The Morgan fingerprint density at radius 2 is 1.83 bits per heavy atom. The molecule has 2 fully saturated rings. The summed E-state index contributed by atoms with van der Waals surface area (Å²) >= 11 is 0. The number of likely N-dealkylation sites (N-methyl/N-ethyl adjacent to an activating group) is 1. The highest BCUT2D eigenvalue weighted by atomic mass is 16.2. The molecule has 1 aliphatic carbocycles. The van der Waals surface area contributed by atoms with Crippen molar-refractivity contribution in [3.8, 4) is 0 Å². The molecule has 1 saturated carbocycles. The van der Waals surface area contributed by atoms with Gasteiger partial charge in [0, 0.05) is 31.6 Å². The van der Waals surface area contributed by atoms with Crippen LogP contribution >= 0.6 is 0 Å². The molecule has 2 amide bonds.